The Hall–Kier alpha value is -1.12. The van der Waals surface area contributed by atoms with Gasteiger partial charge in [0.1, 0.15) is 4.21 Å². The summed E-state index contributed by atoms with van der Waals surface area (Å²) in [6.07, 6.45) is 1.44. The Kier molecular flexibility index (Phi) is 6.25. The second-order valence-electron chi connectivity index (χ2n) is 6.13. The molecular weight excluding hydrogens is 415 g/mol. The van der Waals surface area contributed by atoms with Crippen LogP contribution >= 0.6 is 34.5 Å². The number of nitrogens with one attached hydrogen (secondary N) is 1. The molecule has 140 valence electrons. The molecule has 0 bridgehead atoms. The molecule has 1 aliphatic heterocycles. The Morgan fingerprint density at radius 1 is 1.19 bits per heavy atom. The summed E-state index contributed by atoms with van der Waals surface area (Å²) in [7, 11) is -3.47. The SMILES string of the molecule is O=C(Cc1ccc(Cl)c(Cl)c1)N1CCC(NS(=O)(=O)c2cccs2)CC1. The van der Waals surface area contributed by atoms with Gasteiger partial charge in [-0.25, -0.2) is 13.1 Å². The van der Waals surface area contributed by atoms with E-state index in [-0.39, 0.29) is 18.4 Å². The zero-order valence-electron chi connectivity index (χ0n) is 13.8. The lowest BCUT2D eigenvalue weighted by molar-refractivity contribution is -0.131. The summed E-state index contributed by atoms with van der Waals surface area (Å²) in [4.78, 5) is 14.2. The molecule has 2 heterocycles. The number of carbonyl (C=O) groups excluding carboxylic acids is 1. The highest BCUT2D eigenvalue weighted by Gasteiger charge is 2.27. The third-order valence-electron chi connectivity index (χ3n) is 4.27. The molecule has 1 saturated heterocycles. The topological polar surface area (TPSA) is 66.5 Å². The number of nitrogens with zero attached hydrogens (tertiary/aromatic N) is 1. The summed E-state index contributed by atoms with van der Waals surface area (Å²) in [5.74, 6) is 0.00273. The number of sulfonamides is 1. The van der Waals surface area contributed by atoms with Crippen LogP contribution in [0.4, 0.5) is 0 Å². The number of piperidine rings is 1. The maximum atomic E-state index is 12.5. The van der Waals surface area contributed by atoms with Crippen molar-refractivity contribution in [3.8, 4) is 0 Å². The largest absolute Gasteiger partial charge is 0.342 e. The number of rotatable bonds is 5. The Morgan fingerprint density at radius 2 is 1.92 bits per heavy atom. The standard InChI is InChI=1S/C17H18Cl2N2O3S2/c18-14-4-3-12(10-15(14)19)11-16(22)21-7-5-13(6-8-21)20-26(23,24)17-2-1-9-25-17/h1-4,9-10,13,20H,5-8,11H2. The number of benzene rings is 1. The van der Waals surface area contributed by atoms with E-state index in [2.05, 4.69) is 4.72 Å². The van der Waals surface area contributed by atoms with E-state index in [0.717, 1.165) is 5.56 Å². The number of amides is 1. The summed E-state index contributed by atoms with van der Waals surface area (Å²) in [5.41, 5.74) is 0.810. The van der Waals surface area contributed by atoms with Crippen molar-refractivity contribution in [2.24, 2.45) is 0 Å². The highest BCUT2D eigenvalue weighted by Crippen LogP contribution is 2.23. The summed E-state index contributed by atoms with van der Waals surface area (Å²) in [6.45, 7) is 1.05. The number of thiophene rings is 1. The molecule has 1 N–H and O–H groups in total. The van der Waals surface area contributed by atoms with Gasteiger partial charge in [0.15, 0.2) is 0 Å². The zero-order valence-corrected chi connectivity index (χ0v) is 17.0. The van der Waals surface area contributed by atoms with Gasteiger partial charge in [-0.15, -0.1) is 11.3 Å². The van der Waals surface area contributed by atoms with Gasteiger partial charge in [-0.2, -0.15) is 0 Å². The summed E-state index contributed by atoms with van der Waals surface area (Å²) >= 11 is 13.1. The molecule has 0 aliphatic carbocycles. The Morgan fingerprint density at radius 3 is 2.54 bits per heavy atom. The number of hydrogen-bond acceptors (Lipinski definition) is 4. The van der Waals surface area contributed by atoms with Crippen LogP contribution in [0, 0.1) is 0 Å². The Labute approximate surface area is 167 Å². The van der Waals surface area contributed by atoms with Crippen LogP contribution in [0.5, 0.6) is 0 Å². The summed E-state index contributed by atoms with van der Waals surface area (Å²) < 4.78 is 27.6. The first-order chi connectivity index (χ1) is 12.3. The maximum absolute atomic E-state index is 12.5. The van der Waals surface area contributed by atoms with Crippen LogP contribution in [0.1, 0.15) is 18.4 Å². The first-order valence-corrected chi connectivity index (χ1v) is 11.2. The van der Waals surface area contributed by atoms with Crippen LogP contribution in [0.25, 0.3) is 0 Å². The van der Waals surface area contributed by atoms with E-state index in [1.165, 1.54) is 11.3 Å². The fourth-order valence-corrected chi connectivity index (χ4v) is 5.51. The fraction of sp³-hybridized carbons (Fsp3) is 0.353. The third-order valence-corrected chi connectivity index (χ3v) is 7.93. The van der Waals surface area contributed by atoms with Crippen LogP contribution in [0.3, 0.4) is 0 Å². The smallest absolute Gasteiger partial charge is 0.250 e. The van der Waals surface area contributed by atoms with Crippen LogP contribution < -0.4 is 4.72 Å². The molecule has 0 spiro atoms. The van der Waals surface area contributed by atoms with Gasteiger partial charge in [0.2, 0.25) is 15.9 Å². The minimum Gasteiger partial charge on any atom is -0.342 e. The van der Waals surface area contributed by atoms with Gasteiger partial charge < -0.3 is 4.90 Å². The highest BCUT2D eigenvalue weighted by atomic mass is 35.5. The molecule has 5 nitrogen and oxygen atoms in total. The molecule has 9 heteroatoms. The fourth-order valence-electron chi connectivity index (χ4n) is 2.88. The second kappa shape index (κ2) is 8.27. The van der Waals surface area contributed by atoms with Gasteiger partial charge >= 0.3 is 0 Å². The van der Waals surface area contributed by atoms with Crippen molar-refractivity contribution in [2.45, 2.75) is 29.5 Å². The first kappa shape index (κ1) is 19.6. The molecule has 26 heavy (non-hydrogen) atoms. The highest BCUT2D eigenvalue weighted by molar-refractivity contribution is 7.91. The molecule has 3 rings (SSSR count). The van der Waals surface area contributed by atoms with E-state index in [1.54, 1.807) is 40.6 Å². The lowest BCUT2D eigenvalue weighted by Gasteiger charge is -2.32. The van der Waals surface area contributed by atoms with E-state index in [4.69, 9.17) is 23.2 Å². The summed E-state index contributed by atoms with van der Waals surface area (Å²) in [6, 6.07) is 8.30. The molecule has 0 atom stereocenters. The predicted octanol–water partition coefficient (Wildman–Crippen LogP) is 3.57. The third kappa shape index (κ3) is 4.78. The van der Waals surface area contributed by atoms with Gasteiger partial charge in [0.25, 0.3) is 0 Å². The van der Waals surface area contributed by atoms with E-state index >= 15 is 0 Å². The molecule has 2 aromatic rings. The molecule has 1 aromatic heterocycles. The van der Waals surface area contributed by atoms with E-state index < -0.39 is 10.0 Å². The molecule has 0 unspecified atom stereocenters. The van der Waals surface area contributed by atoms with Gasteiger partial charge in [0, 0.05) is 19.1 Å². The first-order valence-electron chi connectivity index (χ1n) is 8.13. The van der Waals surface area contributed by atoms with Gasteiger partial charge in [-0.1, -0.05) is 35.3 Å². The zero-order chi connectivity index (χ0) is 18.7. The Balaban J connectivity index is 1.53. The molecule has 0 saturated carbocycles. The quantitative estimate of drug-likeness (QED) is 0.784. The van der Waals surface area contributed by atoms with Gasteiger partial charge in [-0.05, 0) is 42.0 Å². The average molecular weight is 433 g/mol. The summed E-state index contributed by atoms with van der Waals surface area (Å²) in [5, 5.41) is 2.62. The van der Waals surface area contributed by atoms with Crippen molar-refractivity contribution in [2.75, 3.05) is 13.1 Å². The number of likely N-dealkylation sites (tertiary alicyclic amines) is 1. The molecule has 1 amide bonds. The number of carbonyl (C=O) groups is 1. The van der Waals surface area contributed by atoms with Crippen molar-refractivity contribution >= 4 is 50.5 Å². The predicted molar refractivity (Wildman–Crippen MR) is 104 cm³/mol. The number of hydrogen-bond donors (Lipinski definition) is 1. The van der Waals surface area contributed by atoms with Crippen LogP contribution in [-0.2, 0) is 21.2 Å². The second-order valence-corrected chi connectivity index (χ2v) is 9.84. The number of halogens is 2. The molecule has 1 fully saturated rings. The van der Waals surface area contributed by atoms with E-state index in [0.29, 0.717) is 40.2 Å². The van der Waals surface area contributed by atoms with Crippen molar-refractivity contribution in [3.05, 3.63) is 51.3 Å². The minimum atomic E-state index is -3.47. The van der Waals surface area contributed by atoms with Crippen LogP contribution in [0.15, 0.2) is 39.9 Å². The molecular formula is C17H18Cl2N2O3S2. The van der Waals surface area contributed by atoms with Crippen LogP contribution in [0.2, 0.25) is 10.0 Å². The molecule has 0 radical (unpaired) electrons. The van der Waals surface area contributed by atoms with E-state index in [1.807, 2.05) is 0 Å². The van der Waals surface area contributed by atoms with Crippen molar-refractivity contribution in [1.82, 2.24) is 9.62 Å². The van der Waals surface area contributed by atoms with Gasteiger partial charge in [0.05, 0.1) is 16.5 Å². The average Bonchev–Trinajstić information content (AvgIpc) is 3.14. The van der Waals surface area contributed by atoms with Gasteiger partial charge in [-0.3, -0.25) is 4.79 Å². The minimum absolute atomic E-state index is 0.00273. The maximum Gasteiger partial charge on any atom is 0.250 e. The van der Waals surface area contributed by atoms with Crippen molar-refractivity contribution < 1.29 is 13.2 Å². The van der Waals surface area contributed by atoms with E-state index in [9.17, 15) is 13.2 Å². The van der Waals surface area contributed by atoms with Crippen molar-refractivity contribution in [3.63, 3.8) is 0 Å². The normalized spacial score (nSPS) is 16.0. The molecule has 1 aliphatic rings. The van der Waals surface area contributed by atoms with Crippen LogP contribution in [-0.4, -0.2) is 38.4 Å². The lowest BCUT2D eigenvalue weighted by atomic mass is 10.0. The van der Waals surface area contributed by atoms with Crippen molar-refractivity contribution in [1.29, 1.82) is 0 Å². The monoisotopic (exact) mass is 432 g/mol. The molecule has 1 aromatic carbocycles. The Bertz CT molecular complexity index is 877. The lowest BCUT2D eigenvalue weighted by Crippen LogP contribution is -2.46.